The molecule has 0 saturated heterocycles. The van der Waals surface area contributed by atoms with Gasteiger partial charge in [-0.15, -0.1) is 0 Å². The summed E-state index contributed by atoms with van der Waals surface area (Å²) in [7, 11) is 0. The van der Waals surface area contributed by atoms with Crippen molar-refractivity contribution < 1.29 is 4.39 Å². The van der Waals surface area contributed by atoms with E-state index in [1.165, 1.54) is 6.07 Å². The smallest absolute Gasteiger partial charge is 0.131 e. The summed E-state index contributed by atoms with van der Waals surface area (Å²) in [6.07, 6.45) is 0. The van der Waals surface area contributed by atoms with Gasteiger partial charge in [-0.05, 0) is 29.3 Å². The predicted octanol–water partition coefficient (Wildman–Crippen LogP) is 4.75. The molecule has 2 aromatic carbocycles. The average Bonchev–Trinajstić information content (AvgIpc) is 2.38. The first-order valence-corrected chi connectivity index (χ1v) is 7.14. The Labute approximate surface area is 122 Å². The monoisotopic (exact) mass is 321 g/mol. The molecule has 0 aliphatic carbocycles. The van der Waals surface area contributed by atoms with Crippen molar-refractivity contribution >= 4 is 15.9 Å². The molecular formula is C16H17BrFN. The lowest BCUT2D eigenvalue weighted by molar-refractivity contribution is 0.586. The van der Waals surface area contributed by atoms with Gasteiger partial charge in [0, 0.05) is 22.6 Å². The lowest BCUT2D eigenvalue weighted by Crippen LogP contribution is -2.21. The van der Waals surface area contributed by atoms with Crippen molar-refractivity contribution in [2.45, 2.75) is 26.4 Å². The molecule has 0 spiro atoms. The third-order valence-electron chi connectivity index (χ3n) is 2.91. The minimum atomic E-state index is -0.194. The van der Waals surface area contributed by atoms with Crippen molar-refractivity contribution in [3.05, 3.63) is 58.3 Å². The summed E-state index contributed by atoms with van der Waals surface area (Å²) in [6.45, 7) is 4.94. The molecule has 0 saturated carbocycles. The summed E-state index contributed by atoms with van der Waals surface area (Å²) in [4.78, 5) is 0. The minimum Gasteiger partial charge on any atom is -0.310 e. The molecule has 0 aliphatic heterocycles. The summed E-state index contributed by atoms with van der Waals surface area (Å²) < 4.78 is 14.9. The minimum absolute atomic E-state index is 0.194. The highest BCUT2D eigenvalue weighted by Gasteiger charge is 2.09. The first-order valence-electron chi connectivity index (χ1n) is 6.34. The van der Waals surface area contributed by atoms with E-state index in [4.69, 9.17) is 0 Å². The fourth-order valence-electron chi connectivity index (χ4n) is 1.89. The summed E-state index contributed by atoms with van der Waals surface area (Å²) in [5, 5.41) is 3.34. The van der Waals surface area contributed by atoms with Gasteiger partial charge >= 0.3 is 0 Å². The third-order valence-corrected chi connectivity index (χ3v) is 3.60. The van der Waals surface area contributed by atoms with Crippen molar-refractivity contribution in [2.75, 3.05) is 0 Å². The Balaban J connectivity index is 2.35. The molecule has 100 valence electrons. The molecule has 3 heteroatoms. The van der Waals surface area contributed by atoms with Gasteiger partial charge in [0.05, 0.1) is 0 Å². The number of nitrogens with one attached hydrogen (secondary N) is 1. The van der Waals surface area contributed by atoms with Crippen molar-refractivity contribution in [1.82, 2.24) is 5.32 Å². The Bertz CT molecular complexity index is 566. The van der Waals surface area contributed by atoms with Crippen LogP contribution in [0.4, 0.5) is 4.39 Å². The molecule has 0 amide bonds. The molecule has 19 heavy (non-hydrogen) atoms. The van der Waals surface area contributed by atoms with E-state index in [1.54, 1.807) is 0 Å². The summed E-state index contributed by atoms with van der Waals surface area (Å²) in [5.74, 6) is -0.194. The van der Waals surface area contributed by atoms with Gasteiger partial charge < -0.3 is 5.32 Å². The van der Waals surface area contributed by atoms with Gasteiger partial charge in [-0.2, -0.15) is 0 Å². The lowest BCUT2D eigenvalue weighted by atomic mass is 10.0. The van der Waals surface area contributed by atoms with E-state index in [0.29, 0.717) is 11.6 Å². The zero-order chi connectivity index (χ0) is 13.8. The Morgan fingerprint density at radius 3 is 2.53 bits per heavy atom. The second-order valence-corrected chi connectivity index (χ2v) is 5.68. The van der Waals surface area contributed by atoms with E-state index in [1.807, 2.05) is 36.4 Å². The van der Waals surface area contributed by atoms with E-state index < -0.39 is 0 Å². The fourth-order valence-corrected chi connectivity index (χ4v) is 2.39. The van der Waals surface area contributed by atoms with Crippen molar-refractivity contribution in [1.29, 1.82) is 0 Å². The van der Waals surface area contributed by atoms with E-state index in [0.717, 1.165) is 22.1 Å². The highest BCUT2D eigenvalue weighted by atomic mass is 79.9. The molecule has 0 radical (unpaired) electrons. The van der Waals surface area contributed by atoms with Crippen molar-refractivity contribution in [2.24, 2.45) is 0 Å². The van der Waals surface area contributed by atoms with Crippen LogP contribution in [0.3, 0.4) is 0 Å². The van der Waals surface area contributed by atoms with Crippen LogP contribution in [0.2, 0.25) is 0 Å². The van der Waals surface area contributed by atoms with Crippen LogP contribution in [0.5, 0.6) is 0 Å². The highest BCUT2D eigenvalue weighted by Crippen LogP contribution is 2.30. The largest absolute Gasteiger partial charge is 0.310 e. The number of rotatable bonds is 4. The average molecular weight is 322 g/mol. The molecule has 1 N–H and O–H groups in total. The standard InChI is InChI=1S/C16H17BrFN/c1-11(2)19-10-12-7-8-16(18)14(9-12)13-5-3-4-6-15(13)17/h3-9,11,19H,10H2,1-2H3. The fraction of sp³-hybridized carbons (Fsp3) is 0.250. The van der Waals surface area contributed by atoms with Crippen LogP contribution < -0.4 is 5.32 Å². The zero-order valence-electron chi connectivity index (χ0n) is 11.1. The van der Waals surface area contributed by atoms with E-state index >= 15 is 0 Å². The molecule has 1 nitrogen and oxygen atoms in total. The van der Waals surface area contributed by atoms with Crippen LogP contribution in [0, 0.1) is 5.82 Å². The second kappa shape index (κ2) is 6.31. The van der Waals surface area contributed by atoms with Crippen LogP contribution in [0.1, 0.15) is 19.4 Å². The number of hydrogen-bond donors (Lipinski definition) is 1. The van der Waals surface area contributed by atoms with Gasteiger partial charge in [0.1, 0.15) is 5.82 Å². The summed E-state index contributed by atoms with van der Waals surface area (Å²) >= 11 is 3.47. The number of hydrogen-bond acceptors (Lipinski definition) is 1. The summed E-state index contributed by atoms with van der Waals surface area (Å²) in [5.41, 5.74) is 2.60. The Hall–Kier alpha value is -1.19. The summed E-state index contributed by atoms with van der Waals surface area (Å²) in [6, 6.07) is 13.4. The maximum Gasteiger partial charge on any atom is 0.131 e. The Morgan fingerprint density at radius 2 is 1.84 bits per heavy atom. The van der Waals surface area contributed by atoms with Gasteiger partial charge in [0.2, 0.25) is 0 Å². The second-order valence-electron chi connectivity index (χ2n) is 4.83. The highest BCUT2D eigenvalue weighted by molar-refractivity contribution is 9.10. The van der Waals surface area contributed by atoms with Gasteiger partial charge in [0.25, 0.3) is 0 Å². The molecule has 0 fully saturated rings. The quantitative estimate of drug-likeness (QED) is 0.856. The first-order chi connectivity index (χ1) is 9.08. The molecule has 2 rings (SSSR count). The van der Waals surface area contributed by atoms with Gasteiger partial charge in [-0.3, -0.25) is 0 Å². The molecular weight excluding hydrogens is 305 g/mol. The third kappa shape index (κ3) is 3.64. The topological polar surface area (TPSA) is 12.0 Å². The Kier molecular flexibility index (Phi) is 4.72. The molecule has 2 aromatic rings. The molecule has 0 aliphatic rings. The normalized spacial score (nSPS) is 11.0. The maximum absolute atomic E-state index is 14.0. The van der Waals surface area contributed by atoms with Gasteiger partial charge in [-0.1, -0.05) is 54.0 Å². The molecule has 0 aromatic heterocycles. The number of benzene rings is 2. The Morgan fingerprint density at radius 1 is 1.11 bits per heavy atom. The van der Waals surface area contributed by atoms with Gasteiger partial charge in [0.15, 0.2) is 0 Å². The molecule has 0 heterocycles. The van der Waals surface area contributed by atoms with Crippen molar-refractivity contribution in [3.63, 3.8) is 0 Å². The van der Waals surface area contributed by atoms with Crippen LogP contribution in [-0.4, -0.2) is 6.04 Å². The molecule has 0 bridgehead atoms. The van der Waals surface area contributed by atoms with E-state index in [9.17, 15) is 4.39 Å². The molecule has 0 unspecified atom stereocenters. The van der Waals surface area contributed by atoms with Gasteiger partial charge in [-0.25, -0.2) is 4.39 Å². The zero-order valence-corrected chi connectivity index (χ0v) is 12.7. The lowest BCUT2D eigenvalue weighted by Gasteiger charge is -2.11. The van der Waals surface area contributed by atoms with Crippen LogP contribution in [-0.2, 0) is 6.54 Å². The van der Waals surface area contributed by atoms with Crippen LogP contribution >= 0.6 is 15.9 Å². The maximum atomic E-state index is 14.0. The van der Waals surface area contributed by atoms with Crippen molar-refractivity contribution in [3.8, 4) is 11.1 Å². The van der Waals surface area contributed by atoms with E-state index in [-0.39, 0.29) is 5.82 Å². The van der Waals surface area contributed by atoms with E-state index in [2.05, 4.69) is 35.1 Å². The van der Waals surface area contributed by atoms with Crippen LogP contribution in [0.15, 0.2) is 46.9 Å². The molecule has 0 atom stereocenters. The van der Waals surface area contributed by atoms with Crippen LogP contribution in [0.25, 0.3) is 11.1 Å². The SMILES string of the molecule is CC(C)NCc1ccc(F)c(-c2ccccc2Br)c1. The predicted molar refractivity (Wildman–Crippen MR) is 81.5 cm³/mol. The number of halogens is 2. The first kappa shape index (κ1) is 14.2.